The summed E-state index contributed by atoms with van der Waals surface area (Å²) >= 11 is 1.64. The van der Waals surface area contributed by atoms with Crippen LogP contribution in [0.15, 0.2) is 6.20 Å². The van der Waals surface area contributed by atoms with Gasteiger partial charge in [0.15, 0.2) is 0 Å². The van der Waals surface area contributed by atoms with Crippen LogP contribution in [0.1, 0.15) is 23.1 Å². The molecule has 1 aromatic heterocycles. The van der Waals surface area contributed by atoms with Gasteiger partial charge in [-0.3, -0.25) is 0 Å². The van der Waals surface area contributed by atoms with Crippen LogP contribution in [0.2, 0.25) is 0 Å². The summed E-state index contributed by atoms with van der Waals surface area (Å²) in [5.74, 6) is 0. The molecule has 1 fully saturated rings. The van der Waals surface area contributed by atoms with Gasteiger partial charge in [0.05, 0.1) is 12.7 Å². The molecule has 4 nitrogen and oxygen atoms in total. The van der Waals surface area contributed by atoms with Crippen LogP contribution in [0.3, 0.4) is 0 Å². The zero-order valence-corrected chi connectivity index (χ0v) is 8.92. The van der Waals surface area contributed by atoms with E-state index in [0.29, 0.717) is 13.2 Å². The van der Waals surface area contributed by atoms with Crippen molar-refractivity contribution >= 4 is 11.3 Å². The number of hydrogen-bond acceptors (Lipinski definition) is 5. The Morgan fingerprint density at radius 1 is 1.71 bits per heavy atom. The van der Waals surface area contributed by atoms with E-state index in [4.69, 9.17) is 15.2 Å². The Labute approximate surface area is 87.0 Å². The summed E-state index contributed by atoms with van der Waals surface area (Å²) in [6.45, 7) is 3.18. The molecule has 2 N–H and O–H groups in total. The third kappa shape index (κ3) is 1.95. The molecule has 2 heterocycles. The van der Waals surface area contributed by atoms with Crippen LogP contribution in [0.5, 0.6) is 0 Å². The number of hydrogen-bond donors (Lipinski definition) is 1. The molecule has 0 aliphatic carbocycles. The zero-order valence-electron chi connectivity index (χ0n) is 8.10. The lowest BCUT2D eigenvalue weighted by molar-refractivity contribution is -0.0586. The van der Waals surface area contributed by atoms with Gasteiger partial charge in [-0.2, -0.15) is 0 Å². The van der Waals surface area contributed by atoms with E-state index >= 15 is 0 Å². The second-order valence-corrected chi connectivity index (χ2v) is 4.32. The fourth-order valence-corrected chi connectivity index (χ4v) is 2.14. The maximum Gasteiger partial charge on any atom is 0.211 e. The van der Waals surface area contributed by atoms with Gasteiger partial charge in [-0.15, -0.1) is 11.3 Å². The van der Waals surface area contributed by atoms with E-state index in [1.54, 1.807) is 11.3 Å². The molecule has 78 valence electrons. The van der Waals surface area contributed by atoms with Gasteiger partial charge in [-0.1, -0.05) is 6.92 Å². The number of aromatic nitrogens is 1. The molecule has 0 amide bonds. The first-order valence-electron chi connectivity index (χ1n) is 4.75. The van der Waals surface area contributed by atoms with Crippen LogP contribution in [0.4, 0.5) is 0 Å². The van der Waals surface area contributed by atoms with Crippen molar-refractivity contribution in [1.29, 1.82) is 0 Å². The molecule has 2 rings (SSSR count). The van der Waals surface area contributed by atoms with Gasteiger partial charge < -0.3 is 15.2 Å². The molecule has 5 heteroatoms. The van der Waals surface area contributed by atoms with Crippen LogP contribution >= 0.6 is 11.3 Å². The van der Waals surface area contributed by atoms with E-state index < -0.39 is 0 Å². The summed E-state index contributed by atoms with van der Waals surface area (Å²) in [5.41, 5.74) is 5.48. The van der Waals surface area contributed by atoms with Crippen LogP contribution in [-0.2, 0) is 15.9 Å². The fraction of sp³-hybridized carbons (Fsp3) is 0.667. The van der Waals surface area contributed by atoms with E-state index in [0.717, 1.165) is 11.4 Å². The Hall–Kier alpha value is -0.490. The van der Waals surface area contributed by atoms with Crippen molar-refractivity contribution < 1.29 is 9.47 Å². The lowest BCUT2D eigenvalue weighted by atomic mass is 10.4. The summed E-state index contributed by atoms with van der Waals surface area (Å²) in [6, 6.07) is 0. The maximum atomic E-state index is 5.56. The SMILES string of the molecule is CCc1cnc(C2OCC(CN)O2)s1. The second-order valence-electron chi connectivity index (χ2n) is 3.18. The quantitative estimate of drug-likeness (QED) is 0.818. The molecule has 1 aliphatic heterocycles. The molecule has 2 unspecified atom stereocenters. The summed E-state index contributed by atoms with van der Waals surface area (Å²) in [5, 5.41) is 0.901. The molecule has 1 aliphatic rings. The monoisotopic (exact) mass is 214 g/mol. The van der Waals surface area contributed by atoms with Crippen molar-refractivity contribution in [1.82, 2.24) is 4.98 Å². The molecule has 0 bridgehead atoms. The summed E-state index contributed by atoms with van der Waals surface area (Å²) < 4.78 is 11.0. The molecule has 0 aromatic carbocycles. The first-order valence-corrected chi connectivity index (χ1v) is 5.57. The number of thiazole rings is 1. The Bertz CT molecular complexity index is 303. The van der Waals surface area contributed by atoms with Crippen LogP contribution in [-0.4, -0.2) is 24.2 Å². The minimum atomic E-state index is -0.297. The standard InChI is InChI=1S/C9H14N2O2S/c1-2-7-4-11-8(14-7)9-12-5-6(3-10)13-9/h4,6,9H,2-3,5,10H2,1H3. The number of ether oxygens (including phenoxy) is 2. The molecule has 2 atom stereocenters. The van der Waals surface area contributed by atoms with E-state index in [-0.39, 0.29) is 12.4 Å². The maximum absolute atomic E-state index is 5.56. The van der Waals surface area contributed by atoms with Crippen molar-refractivity contribution in [2.45, 2.75) is 25.7 Å². The van der Waals surface area contributed by atoms with Gasteiger partial charge in [0.1, 0.15) is 5.01 Å². The van der Waals surface area contributed by atoms with E-state index in [2.05, 4.69) is 11.9 Å². The molecule has 0 saturated carbocycles. The molecule has 0 spiro atoms. The number of rotatable bonds is 3. The lowest BCUT2D eigenvalue weighted by Gasteiger charge is -2.06. The number of aryl methyl sites for hydroxylation is 1. The Balaban J connectivity index is 2.02. The third-order valence-electron chi connectivity index (χ3n) is 2.13. The first kappa shape index (κ1) is 10.0. The van der Waals surface area contributed by atoms with Gasteiger partial charge in [0.2, 0.25) is 6.29 Å². The van der Waals surface area contributed by atoms with Gasteiger partial charge in [-0.05, 0) is 6.42 Å². The van der Waals surface area contributed by atoms with Crippen molar-refractivity contribution in [3.63, 3.8) is 0 Å². The lowest BCUT2D eigenvalue weighted by Crippen LogP contribution is -2.21. The van der Waals surface area contributed by atoms with Crippen molar-refractivity contribution in [3.8, 4) is 0 Å². The third-order valence-corrected chi connectivity index (χ3v) is 3.30. The van der Waals surface area contributed by atoms with Crippen LogP contribution < -0.4 is 5.73 Å². The van der Waals surface area contributed by atoms with Crippen LogP contribution in [0.25, 0.3) is 0 Å². The first-order chi connectivity index (χ1) is 6.83. The number of nitrogens with zero attached hydrogens (tertiary/aromatic N) is 1. The average Bonchev–Trinajstić information content (AvgIpc) is 2.86. The van der Waals surface area contributed by atoms with Crippen LogP contribution in [0, 0.1) is 0 Å². The summed E-state index contributed by atoms with van der Waals surface area (Å²) in [6.07, 6.45) is 2.61. The van der Waals surface area contributed by atoms with E-state index in [9.17, 15) is 0 Å². The summed E-state index contributed by atoms with van der Waals surface area (Å²) in [7, 11) is 0. The zero-order chi connectivity index (χ0) is 9.97. The second kappa shape index (κ2) is 4.35. The highest BCUT2D eigenvalue weighted by Gasteiger charge is 2.28. The van der Waals surface area contributed by atoms with Gasteiger partial charge >= 0.3 is 0 Å². The highest BCUT2D eigenvalue weighted by Crippen LogP contribution is 2.29. The van der Waals surface area contributed by atoms with Crippen molar-refractivity contribution in [3.05, 3.63) is 16.1 Å². The highest BCUT2D eigenvalue weighted by molar-refractivity contribution is 7.11. The van der Waals surface area contributed by atoms with Crippen molar-refractivity contribution in [2.24, 2.45) is 5.73 Å². The van der Waals surface area contributed by atoms with Gasteiger partial charge in [0.25, 0.3) is 0 Å². The van der Waals surface area contributed by atoms with Gasteiger partial charge in [0, 0.05) is 17.6 Å². The molecule has 1 aromatic rings. The minimum Gasteiger partial charge on any atom is -0.344 e. The largest absolute Gasteiger partial charge is 0.344 e. The van der Waals surface area contributed by atoms with Crippen molar-refractivity contribution in [2.75, 3.05) is 13.2 Å². The van der Waals surface area contributed by atoms with E-state index in [1.807, 2.05) is 6.20 Å². The molecule has 0 radical (unpaired) electrons. The highest BCUT2D eigenvalue weighted by atomic mass is 32.1. The minimum absolute atomic E-state index is 0.0222. The fourth-order valence-electron chi connectivity index (χ4n) is 1.30. The van der Waals surface area contributed by atoms with Gasteiger partial charge in [-0.25, -0.2) is 4.98 Å². The average molecular weight is 214 g/mol. The Kier molecular flexibility index (Phi) is 3.12. The topological polar surface area (TPSA) is 57.4 Å². The number of nitrogens with two attached hydrogens (primary N) is 1. The van der Waals surface area contributed by atoms with E-state index in [1.165, 1.54) is 4.88 Å². The Morgan fingerprint density at radius 3 is 3.14 bits per heavy atom. The predicted octanol–water partition coefficient (Wildman–Crippen LogP) is 1.08. The normalized spacial score (nSPS) is 27.0. The molecular weight excluding hydrogens is 200 g/mol. The predicted molar refractivity (Wildman–Crippen MR) is 54.1 cm³/mol. The molecule has 1 saturated heterocycles. The summed E-state index contributed by atoms with van der Waals surface area (Å²) in [4.78, 5) is 5.52. The smallest absolute Gasteiger partial charge is 0.211 e. The molecular formula is C9H14N2O2S. The Morgan fingerprint density at radius 2 is 2.57 bits per heavy atom. The molecule has 14 heavy (non-hydrogen) atoms.